The molecule has 23 heavy (non-hydrogen) atoms. The summed E-state index contributed by atoms with van der Waals surface area (Å²) < 4.78 is 16.3. The summed E-state index contributed by atoms with van der Waals surface area (Å²) in [5.74, 6) is 0.826. The molecule has 1 N–H and O–H groups in total. The fourth-order valence-corrected chi connectivity index (χ4v) is 3.69. The Morgan fingerprint density at radius 1 is 1.30 bits per heavy atom. The van der Waals surface area contributed by atoms with Gasteiger partial charge in [0, 0.05) is 17.5 Å². The molecule has 5 nitrogen and oxygen atoms in total. The number of hydrogen-bond donors (Lipinski definition) is 1. The molecule has 2 aliphatic rings. The van der Waals surface area contributed by atoms with Crippen LogP contribution in [0.5, 0.6) is 5.75 Å². The van der Waals surface area contributed by atoms with Crippen molar-refractivity contribution in [3.8, 4) is 5.75 Å². The minimum Gasteiger partial charge on any atom is -0.496 e. The molecule has 2 fully saturated rings. The topological polar surface area (TPSA) is 56.8 Å². The van der Waals surface area contributed by atoms with E-state index in [2.05, 4.69) is 11.4 Å². The summed E-state index contributed by atoms with van der Waals surface area (Å²) in [6, 6.07) is 8.14. The Morgan fingerprint density at radius 2 is 2.09 bits per heavy atom. The Labute approximate surface area is 137 Å². The highest BCUT2D eigenvalue weighted by molar-refractivity contribution is 5.81. The second-order valence-electron chi connectivity index (χ2n) is 6.34. The highest BCUT2D eigenvalue weighted by Crippen LogP contribution is 2.44. The van der Waals surface area contributed by atoms with E-state index in [1.807, 2.05) is 18.2 Å². The summed E-state index contributed by atoms with van der Waals surface area (Å²) in [7, 11) is 1.70. The zero-order valence-corrected chi connectivity index (χ0v) is 13.7. The molecular weight excluding hydrogens is 294 g/mol. The van der Waals surface area contributed by atoms with Crippen LogP contribution in [0.4, 0.5) is 0 Å². The number of methoxy groups -OCH3 is 1. The summed E-state index contributed by atoms with van der Waals surface area (Å²) in [5.41, 5.74) is 1.15. The van der Waals surface area contributed by atoms with E-state index in [-0.39, 0.29) is 11.3 Å². The number of carbonyl (C=O) groups is 1. The number of rotatable bonds is 5. The smallest absolute Gasteiger partial charge is 0.251 e. The molecule has 1 amide bonds. The van der Waals surface area contributed by atoms with Crippen LogP contribution < -0.4 is 10.1 Å². The van der Waals surface area contributed by atoms with Gasteiger partial charge in [-0.05, 0) is 18.9 Å². The van der Waals surface area contributed by atoms with Crippen LogP contribution in [0.25, 0.3) is 0 Å². The van der Waals surface area contributed by atoms with Gasteiger partial charge in [-0.2, -0.15) is 0 Å². The number of carbonyl (C=O) groups excluding carboxylic acids is 1. The third-order valence-electron chi connectivity index (χ3n) is 4.95. The molecule has 1 saturated carbocycles. The van der Waals surface area contributed by atoms with Crippen LogP contribution in [0, 0.1) is 0 Å². The lowest BCUT2D eigenvalue weighted by Gasteiger charge is -2.32. The second kappa shape index (κ2) is 7.32. The van der Waals surface area contributed by atoms with E-state index >= 15 is 0 Å². The highest BCUT2D eigenvalue weighted by Gasteiger charge is 2.38. The lowest BCUT2D eigenvalue weighted by molar-refractivity contribution is -0.147. The second-order valence-corrected chi connectivity index (χ2v) is 6.34. The van der Waals surface area contributed by atoms with Crippen LogP contribution in [-0.2, 0) is 19.7 Å². The predicted octanol–water partition coefficient (Wildman–Crippen LogP) is 2.04. The molecule has 1 aliphatic heterocycles. The first-order valence-corrected chi connectivity index (χ1v) is 8.36. The molecule has 0 bridgehead atoms. The predicted molar refractivity (Wildman–Crippen MR) is 86.7 cm³/mol. The number of ether oxygens (including phenoxy) is 3. The van der Waals surface area contributed by atoms with Gasteiger partial charge in [-0.1, -0.05) is 31.0 Å². The van der Waals surface area contributed by atoms with E-state index < -0.39 is 6.10 Å². The average molecular weight is 319 g/mol. The van der Waals surface area contributed by atoms with Crippen LogP contribution in [0.1, 0.15) is 31.2 Å². The summed E-state index contributed by atoms with van der Waals surface area (Å²) in [6.07, 6.45) is 4.00. The number of para-hydroxylation sites is 1. The van der Waals surface area contributed by atoms with Crippen molar-refractivity contribution >= 4 is 5.91 Å². The number of hydrogen-bond acceptors (Lipinski definition) is 4. The highest BCUT2D eigenvalue weighted by atomic mass is 16.6. The van der Waals surface area contributed by atoms with E-state index in [0.717, 1.165) is 18.6 Å². The summed E-state index contributed by atoms with van der Waals surface area (Å²) >= 11 is 0. The maximum absolute atomic E-state index is 12.3. The van der Waals surface area contributed by atoms with E-state index in [1.165, 1.54) is 18.4 Å². The van der Waals surface area contributed by atoms with Crippen molar-refractivity contribution in [3.05, 3.63) is 29.8 Å². The summed E-state index contributed by atoms with van der Waals surface area (Å²) in [4.78, 5) is 12.3. The van der Waals surface area contributed by atoms with Crippen molar-refractivity contribution in [1.82, 2.24) is 5.32 Å². The molecule has 0 unspecified atom stereocenters. The van der Waals surface area contributed by atoms with Crippen LogP contribution in [0.15, 0.2) is 24.3 Å². The number of nitrogens with one attached hydrogen (secondary N) is 1. The van der Waals surface area contributed by atoms with Gasteiger partial charge in [0.1, 0.15) is 5.75 Å². The van der Waals surface area contributed by atoms with Crippen LogP contribution >= 0.6 is 0 Å². The Kier molecular flexibility index (Phi) is 5.18. The molecule has 0 aromatic heterocycles. The number of benzene rings is 1. The Hall–Kier alpha value is -1.59. The maximum Gasteiger partial charge on any atom is 0.251 e. The van der Waals surface area contributed by atoms with Gasteiger partial charge in [-0.15, -0.1) is 0 Å². The molecule has 0 radical (unpaired) electrons. The first kappa shape index (κ1) is 16.3. The van der Waals surface area contributed by atoms with Gasteiger partial charge in [0.15, 0.2) is 6.10 Å². The SMILES string of the molecule is COc1ccccc1C1(CNC(=O)[C@H]2COCCO2)CCCC1. The van der Waals surface area contributed by atoms with E-state index in [4.69, 9.17) is 14.2 Å². The Morgan fingerprint density at radius 3 is 2.78 bits per heavy atom. The van der Waals surface area contributed by atoms with Gasteiger partial charge >= 0.3 is 0 Å². The molecular formula is C18H25NO4. The van der Waals surface area contributed by atoms with Crippen molar-refractivity contribution in [2.75, 3.05) is 33.5 Å². The van der Waals surface area contributed by atoms with Crippen molar-refractivity contribution in [1.29, 1.82) is 0 Å². The molecule has 3 rings (SSSR count). The summed E-state index contributed by atoms with van der Waals surface area (Å²) in [5, 5.41) is 3.09. The van der Waals surface area contributed by atoms with Crippen molar-refractivity contribution in [2.24, 2.45) is 0 Å². The molecule has 1 atom stereocenters. The van der Waals surface area contributed by atoms with Crippen LogP contribution in [-0.4, -0.2) is 45.5 Å². The monoisotopic (exact) mass is 319 g/mol. The minimum atomic E-state index is -0.486. The third-order valence-corrected chi connectivity index (χ3v) is 4.95. The molecule has 5 heteroatoms. The van der Waals surface area contributed by atoms with Crippen molar-refractivity contribution in [2.45, 2.75) is 37.2 Å². The summed E-state index contributed by atoms with van der Waals surface area (Å²) in [6.45, 7) is 2.00. The molecule has 126 valence electrons. The van der Waals surface area contributed by atoms with E-state index in [9.17, 15) is 4.79 Å². The molecule has 1 saturated heterocycles. The Balaban J connectivity index is 1.72. The van der Waals surface area contributed by atoms with Gasteiger partial charge < -0.3 is 19.5 Å². The van der Waals surface area contributed by atoms with Gasteiger partial charge in [-0.3, -0.25) is 4.79 Å². The van der Waals surface area contributed by atoms with Gasteiger partial charge in [-0.25, -0.2) is 0 Å². The number of amides is 1. The fourth-order valence-electron chi connectivity index (χ4n) is 3.69. The molecule has 0 spiro atoms. The maximum atomic E-state index is 12.3. The van der Waals surface area contributed by atoms with Crippen molar-refractivity contribution < 1.29 is 19.0 Å². The quantitative estimate of drug-likeness (QED) is 0.902. The van der Waals surface area contributed by atoms with Crippen LogP contribution in [0.3, 0.4) is 0 Å². The lowest BCUT2D eigenvalue weighted by atomic mass is 9.78. The van der Waals surface area contributed by atoms with E-state index in [0.29, 0.717) is 26.4 Å². The molecule has 1 aromatic carbocycles. The first-order chi connectivity index (χ1) is 11.2. The molecule has 1 aliphatic carbocycles. The first-order valence-electron chi connectivity index (χ1n) is 8.36. The standard InChI is InChI=1S/C18H25NO4/c1-21-15-7-3-2-6-14(15)18(8-4-5-9-18)13-19-17(20)16-12-22-10-11-23-16/h2-3,6-7,16H,4-5,8-13H2,1H3,(H,19,20)/t16-/m1/s1. The van der Waals surface area contributed by atoms with E-state index in [1.54, 1.807) is 7.11 Å². The van der Waals surface area contributed by atoms with Gasteiger partial charge in [0.05, 0.1) is 26.9 Å². The largest absolute Gasteiger partial charge is 0.496 e. The molecule has 1 heterocycles. The molecule has 1 aromatic rings. The fraction of sp³-hybridized carbons (Fsp3) is 0.611. The normalized spacial score (nSPS) is 23.4. The van der Waals surface area contributed by atoms with Gasteiger partial charge in [0.2, 0.25) is 0 Å². The zero-order chi connectivity index (χ0) is 16.1. The third kappa shape index (κ3) is 3.51. The average Bonchev–Trinajstić information content (AvgIpc) is 3.10. The lowest BCUT2D eigenvalue weighted by Crippen LogP contribution is -2.47. The van der Waals surface area contributed by atoms with Crippen LogP contribution in [0.2, 0.25) is 0 Å². The zero-order valence-electron chi connectivity index (χ0n) is 13.7. The van der Waals surface area contributed by atoms with Gasteiger partial charge in [0.25, 0.3) is 5.91 Å². The van der Waals surface area contributed by atoms with Crippen molar-refractivity contribution in [3.63, 3.8) is 0 Å². The Bertz CT molecular complexity index is 534. The minimum absolute atomic E-state index is 0.0439.